The molecule has 4 nitrogen and oxygen atoms in total. The Kier molecular flexibility index (Phi) is 1.32. The molecule has 0 radical (unpaired) electrons. The predicted molar refractivity (Wildman–Crippen MR) is 43.3 cm³/mol. The van der Waals surface area contributed by atoms with Gasteiger partial charge in [0.25, 0.3) is 5.91 Å². The largest absolute Gasteiger partial charge is 0.288 e. The van der Waals surface area contributed by atoms with Crippen LogP contribution in [0.4, 0.5) is 0 Å². The van der Waals surface area contributed by atoms with Crippen LogP contribution in [-0.4, -0.2) is 21.4 Å². The van der Waals surface area contributed by atoms with Crippen LogP contribution in [0.1, 0.15) is 10.4 Å². The summed E-state index contributed by atoms with van der Waals surface area (Å²) in [6, 6.07) is 3.22. The van der Waals surface area contributed by atoms with E-state index >= 15 is 0 Å². The van der Waals surface area contributed by atoms with E-state index in [4.69, 9.17) is 0 Å². The van der Waals surface area contributed by atoms with E-state index in [0.29, 0.717) is 10.6 Å². The molecule has 5 heteroatoms. The van der Waals surface area contributed by atoms with Gasteiger partial charge in [-0.15, -0.1) is 0 Å². The second-order valence-corrected chi connectivity index (χ2v) is 4.73. The minimum atomic E-state index is -2.54. The Morgan fingerprint density at radius 1 is 1.50 bits per heavy atom. The van der Waals surface area contributed by atoms with E-state index in [1.807, 2.05) is 0 Å². The molecule has 0 aromatic carbocycles. The van der Waals surface area contributed by atoms with Gasteiger partial charge in [-0.2, -0.15) is 4.36 Å². The van der Waals surface area contributed by atoms with Crippen LogP contribution in [0.2, 0.25) is 0 Å². The molecule has 0 saturated heterocycles. The predicted octanol–water partition coefficient (Wildman–Crippen LogP) is 0.692. The number of pyridine rings is 1. The SMILES string of the molecule is CS1(=O)=NC(=O)c2cccnc21. The van der Waals surface area contributed by atoms with Crippen molar-refractivity contribution in [3.05, 3.63) is 23.9 Å². The zero-order valence-corrected chi connectivity index (χ0v) is 7.17. The van der Waals surface area contributed by atoms with Gasteiger partial charge in [-0.1, -0.05) is 0 Å². The van der Waals surface area contributed by atoms with E-state index in [1.54, 1.807) is 12.1 Å². The highest BCUT2D eigenvalue weighted by Gasteiger charge is 2.26. The molecule has 12 heavy (non-hydrogen) atoms. The van der Waals surface area contributed by atoms with E-state index < -0.39 is 15.6 Å². The summed E-state index contributed by atoms with van der Waals surface area (Å²) in [5, 5.41) is 0.315. The molecule has 0 aliphatic carbocycles. The molecule has 0 bridgehead atoms. The first-order valence-electron chi connectivity index (χ1n) is 3.33. The summed E-state index contributed by atoms with van der Waals surface area (Å²) < 4.78 is 15.1. The summed E-state index contributed by atoms with van der Waals surface area (Å²) in [4.78, 5) is 15.0. The molecule has 2 heterocycles. The molecule has 0 fully saturated rings. The molecule has 0 spiro atoms. The highest BCUT2D eigenvalue weighted by molar-refractivity contribution is 7.93. The van der Waals surface area contributed by atoms with Gasteiger partial charge in [0.2, 0.25) is 0 Å². The van der Waals surface area contributed by atoms with Crippen LogP contribution < -0.4 is 0 Å². The van der Waals surface area contributed by atoms with Crippen LogP contribution in [0.15, 0.2) is 27.7 Å². The van der Waals surface area contributed by atoms with Crippen molar-refractivity contribution in [1.82, 2.24) is 4.98 Å². The molecule has 62 valence electrons. The van der Waals surface area contributed by atoms with Crippen molar-refractivity contribution in [2.75, 3.05) is 6.26 Å². The van der Waals surface area contributed by atoms with Crippen molar-refractivity contribution >= 4 is 15.6 Å². The molecule has 1 aromatic heterocycles. The summed E-state index contributed by atoms with van der Waals surface area (Å²) in [7, 11) is -2.54. The van der Waals surface area contributed by atoms with Gasteiger partial charge in [-0.3, -0.25) is 4.79 Å². The van der Waals surface area contributed by atoms with E-state index in [1.165, 1.54) is 12.5 Å². The third kappa shape index (κ3) is 0.863. The number of carbonyl (C=O) groups excluding carboxylic acids is 1. The van der Waals surface area contributed by atoms with Gasteiger partial charge in [-0.25, -0.2) is 9.19 Å². The average molecular weight is 182 g/mol. The van der Waals surface area contributed by atoms with E-state index in [0.717, 1.165) is 0 Å². The van der Waals surface area contributed by atoms with Crippen molar-refractivity contribution < 1.29 is 9.00 Å². The second-order valence-electron chi connectivity index (χ2n) is 2.56. The van der Waals surface area contributed by atoms with Crippen molar-refractivity contribution in [2.24, 2.45) is 4.36 Å². The van der Waals surface area contributed by atoms with E-state index in [2.05, 4.69) is 9.35 Å². The van der Waals surface area contributed by atoms with Crippen molar-refractivity contribution in [3.8, 4) is 0 Å². The van der Waals surface area contributed by atoms with Crippen molar-refractivity contribution in [2.45, 2.75) is 5.03 Å². The van der Waals surface area contributed by atoms with Crippen molar-refractivity contribution in [1.29, 1.82) is 0 Å². The zero-order chi connectivity index (χ0) is 8.77. The van der Waals surface area contributed by atoms with E-state index in [9.17, 15) is 9.00 Å². The van der Waals surface area contributed by atoms with Gasteiger partial charge in [0.15, 0.2) is 0 Å². The highest BCUT2D eigenvalue weighted by Crippen LogP contribution is 2.22. The molecule has 2 rings (SSSR count). The molecular formula is C7H6N2O2S. The summed E-state index contributed by atoms with van der Waals surface area (Å²) >= 11 is 0. The Balaban J connectivity index is 2.87. The summed E-state index contributed by atoms with van der Waals surface area (Å²) in [6.45, 7) is 0. The summed E-state index contributed by atoms with van der Waals surface area (Å²) in [6.07, 6.45) is 2.93. The lowest BCUT2D eigenvalue weighted by Gasteiger charge is -1.95. The molecule has 1 amide bonds. The van der Waals surface area contributed by atoms with Crippen LogP contribution in [0.3, 0.4) is 0 Å². The number of fused-ring (bicyclic) bond motifs is 1. The van der Waals surface area contributed by atoms with Crippen LogP contribution in [-0.2, 0) is 9.73 Å². The maximum atomic E-state index is 11.6. The standard InChI is InChI=1S/C7H6N2O2S/c1-12(11)7-5(6(10)9-12)3-2-4-8-7/h2-4H,1H3. The first-order valence-corrected chi connectivity index (χ1v) is 5.25. The van der Waals surface area contributed by atoms with Crippen molar-refractivity contribution in [3.63, 3.8) is 0 Å². The number of hydrogen-bond acceptors (Lipinski definition) is 3. The van der Waals surface area contributed by atoms with Crippen LogP contribution in [0.5, 0.6) is 0 Å². The molecule has 1 unspecified atom stereocenters. The first kappa shape index (κ1) is 7.42. The monoisotopic (exact) mass is 182 g/mol. The summed E-state index contributed by atoms with van der Waals surface area (Å²) in [5.74, 6) is -0.425. The normalized spacial score (nSPS) is 26.6. The zero-order valence-electron chi connectivity index (χ0n) is 6.35. The molecule has 0 N–H and O–H groups in total. The fourth-order valence-corrected chi connectivity index (χ4v) is 2.43. The van der Waals surface area contributed by atoms with Crippen LogP contribution in [0.25, 0.3) is 0 Å². The number of amides is 1. The molecule has 1 aliphatic heterocycles. The van der Waals surface area contributed by atoms with E-state index in [-0.39, 0.29) is 0 Å². The number of carbonyl (C=O) groups is 1. The van der Waals surface area contributed by atoms with Gasteiger partial charge >= 0.3 is 0 Å². The Bertz CT molecular complexity index is 472. The second kappa shape index (κ2) is 2.13. The molecule has 0 saturated carbocycles. The Morgan fingerprint density at radius 3 is 2.92 bits per heavy atom. The third-order valence-electron chi connectivity index (χ3n) is 1.62. The average Bonchev–Trinajstić information content (AvgIpc) is 2.25. The number of nitrogens with zero attached hydrogens (tertiary/aromatic N) is 2. The fourth-order valence-electron chi connectivity index (χ4n) is 1.11. The van der Waals surface area contributed by atoms with Gasteiger partial charge in [-0.05, 0) is 12.1 Å². The van der Waals surface area contributed by atoms with Gasteiger partial charge < -0.3 is 0 Å². The molecule has 1 aliphatic rings. The maximum absolute atomic E-state index is 11.6. The minimum absolute atomic E-state index is 0.315. The van der Waals surface area contributed by atoms with Gasteiger partial charge in [0, 0.05) is 12.5 Å². The molecular weight excluding hydrogens is 176 g/mol. The lowest BCUT2D eigenvalue weighted by molar-refractivity contribution is 0.101. The Morgan fingerprint density at radius 2 is 2.25 bits per heavy atom. The third-order valence-corrected chi connectivity index (χ3v) is 3.17. The molecule has 1 atom stereocenters. The fraction of sp³-hybridized carbons (Fsp3) is 0.143. The first-order chi connectivity index (χ1) is 5.61. The quantitative estimate of drug-likeness (QED) is 0.593. The number of hydrogen-bond donors (Lipinski definition) is 0. The lowest BCUT2D eigenvalue weighted by Crippen LogP contribution is -1.97. The number of aromatic nitrogens is 1. The minimum Gasteiger partial charge on any atom is -0.266 e. The molecule has 1 aromatic rings. The Hall–Kier alpha value is -1.23. The van der Waals surface area contributed by atoms with Gasteiger partial charge in [0.05, 0.1) is 15.3 Å². The van der Waals surface area contributed by atoms with Gasteiger partial charge in [0.1, 0.15) is 5.03 Å². The lowest BCUT2D eigenvalue weighted by atomic mass is 10.3. The Labute approximate surface area is 69.8 Å². The maximum Gasteiger partial charge on any atom is 0.288 e. The highest BCUT2D eigenvalue weighted by atomic mass is 32.2. The van der Waals surface area contributed by atoms with Crippen LogP contribution >= 0.6 is 0 Å². The number of rotatable bonds is 0. The van der Waals surface area contributed by atoms with Crippen LogP contribution in [0, 0.1) is 0 Å². The smallest absolute Gasteiger partial charge is 0.266 e. The topological polar surface area (TPSA) is 59.4 Å². The summed E-state index contributed by atoms with van der Waals surface area (Å²) in [5.41, 5.74) is 0.366.